The Labute approximate surface area is 356 Å². The molecule has 1 saturated heterocycles. The Morgan fingerprint density at radius 1 is 0.645 bits per heavy atom. The maximum absolute atomic E-state index is 15.1. The lowest BCUT2D eigenvalue weighted by Gasteiger charge is -2.38. The molecule has 0 radical (unpaired) electrons. The molecule has 1 aliphatic rings. The van der Waals surface area contributed by atoms with E-state index in [2.05, 4.69) is 51.9 Å². The summed E-state index contributed by atoms with van der Waals surface area (Å²) < 4.78 is 35.0. The summed E-state index contributed by atoms with van der Waals surface area (Å²) in [6.07, 6.45) is -2.42. The summed E-state index contributed by atoms with van der Waals surface area (Å²) in [5, 5.41) is 0. The number of rotatable bonds is 10. The third-order valence-corrected chi connectivity index (χ3v) is 9.79. The molecular weight excluding hydrogens is 797 g/mol. The number of hydrogen-bond donors (Lipinski definition) is 0. The van der Waals surface area contributed by atoms with Crippen LogP contribution in [-0.4, -0.2) is 82.4 Å². The highest BCUT2D eigenvalue weighted by molar-refractivity contribution is 6.11. The van der Waals surface area contributed by atoms with Crippen molar-refractivity contribution < 1.29 is 42.2 Å². The molecule has 8 rings (SSSR count). The Morgan fingerprint density at radius 2 is 1.19 bits per heavy atom. The van der Waals surface area contributed by atoms with Crippen LogP contribution in [0.1, 0.15) is 36.5 Å². The number of carbonyl (C=O) groups excluding carboxylic acids is 3. The van der Waals surface area contributed by atoms with Crippen molar-refractivity contribution in [2.75, 3.05) is 54.1 Å². The molecule has 1 aliphatic heterocycles. The molecule has 0 aliphatic carbocycles. The van der Waals surface area contributed by atoms with E-state index < -0.39 is 18.2 Å². The van der Waals surface area contributed by atoms with Crippen LogP contribution in [0.5, 0.6) is 23.3 Å². The van der Waals surface area contributed by atoms with Crippen LogP contribution in [0, 0.1) is 27.7 Å². The number of furan rings is 2. The Kier molecular flexibility index (Phi) is 11.6. The first kappa shape index (κ1) is 41.1. The zero-order valence-corrected chi connectivity index (χ0v) is 35.1. The summed E-state index contributed by atoms with van der Waals surface area (Å²) in [5.74, 6) is 0.575. The van der Waals surface area contributed by atoms with Crippen LogP contribution in [0.15, 0.2) is 93.8 Å². The molecular formula is C45H44N8O9. The predicted octanol–water partition coefficient (Wildman–Crippen LogP) is 9.07. The van der Waals surface area contributed by atoms with Gasteiger partial charge < -0.3 is 37.6 Å². The highest BCUT2D eigenvalue weighted by atomic mass is 16.6. The minimum Gasteiger partial charge on any atom is -0.475 e. The van der Waals surface area contributed by atoms with E-state index in [0.29, 0.717) is 48.1 Å². The van der Waals surface area contributed by atoms with E-state index >= 15 is 4.79 Å². The van der Waals surface area contributed by atoms with Crippen LogP contribution >= 0.6 is 0 Å². The molecule has 17 nitrogen and oxygen atoms in total. The number of carbonyl (C=O) groups is 3. The molecule has 0 N–H and O–H groups in total. The monoisotopic (exact) mass is 840 g/mol. The summed E-state index contributed by atoms with van der Waals surface area (Å²) in [5.41, 5.74) is 4.41. The van der Waals surface area contributed by atoms with Gasteiger partial charge in [0, 0.05) is 44.0 Å². The van der Waals surface area contributed by atoms with Crippen LogP contribution in [0.4, 0.5) is 37.4 Å². The van der Waals surface area contributed by atoms with E-state index in [1.807, 2.05) is 0 Å². The molecule has 7 aromatic rings. The number of amides is 4. The standard InChI is InChI=1S/C45H44N8O9/c1-7-57-41-37(46-33-25-29(5)59-39(33)48-41)52(43(54)51-20-18-50(19-21-51)31-23-27(3)22-28(4)24-31)35-16-12-13-17-36(35)62-45(56)53(44(55)61-32-14-10-9-11-15-32)38-42(58-8-2)49-40-34(47-38)26-30(6)60-40/h9-17,22-26H,7-8,18-21H2,1-6H3. The highest BCUT2D eigenvalue weighted by Crippen LogP contribution is 2.40. The Morgan fingerprint density at radius 3 is 1.81 bits per heavy atom. The number of nitrogens with zero attached hydrogens (tertiary/aromatic N) is 8. The van der Waals surface area contributed by atoms with Gasteiger partial charge in [-0.1, -0.05) is 36.4 Å². The number of aryl methyl sites for hydroxylation is 4. The molecule has 4 amide bonds. The van der Waals surface area contributed by atoms with Gasteiger partial charge in [0.2, 0.25) is 23.1 Å². The van der Waals surface area contributed by atoms with E-state index in [0.717, 1.165) is 16.8 Å². The number of fused-ring (bicyclic) bond motifs is 2. The lowest BCUT2D eigenvalue weighted by Crippen LogP contribution is -2.52. The topological polar surface area (TPSA) is 179 Å². The number of imide groups is 1. The molecule has 62 heavy (non-hydrogen) atoms. The van der Waals surface area contributed by atoms with Gasteiger partial charge in [-0.25, -0.2) is 29.3 Å². The Balaban J connectivity index is 1.20. The van der Waals surface area contributed by atoms with Gasteiger partial charge in [-0.2, -0.15) is 14.9 Å². The SMILES string of the molecule is CCOc1nc2oc(C)cc2nc1N(C(=O)Oc1ccccc1)C(=O)Oc1ccccc1N(C(=O)N1CCN(c2cc(C)cc(C)c2)CC1)c1nc2cc(C)oc2nc1OCC. The average molecular weight is 841 g/mol. The van der Waals surface area contributed by atoms with Gasteiger partial charge in [0.25, 0.3) is 11.8 Å². The summed E-state index contributed by atoms with van der Waals surface area (Å²) in [6.45, 7) is 13.2. The van der Waals surface area contributed by atoms with Crippen molar-refractivity contribution in [2.45, 2.75) is 41.5 Å². The van der Waals surface area contributed by atoms with Crippen LogP contribution in [0.3, 0.4) is 0 Å². The predicted molar refractivity (Wildman–Crippen MR) is 230 cm³/mol. The van der Waals surface area contributed by atoms with Gasteiger partial charge in [0.05, 0.1) is 18.9 Å². The molecule has 0 unspecified atom stereocenters. The zero-order chi connectivity index (χ0) is 43.5. The van der Waals surface area contributed by atoms with Crippen molar-refractivity contribution in [1.29, 1.82) is 0 Å². The van der Waals surface area contributed by atoms with E-state index in [1.54, 1.807) is 93.3 Å². The van der Waals surface area contributed by atoms with E-state index in [1.165, 1.54) is 11.0 Å². The second kappa shape index (κ2) is 17.5. The van der Waals surface area contributed by atoms with Gasteiger partial charge in [-0.15, -0.1) is 0 Å². The molecule has 17 heteroatoms. The summed E-state index contributed by atoms with van der Waals surface area (Å²) >= 11 is 0. The van der Waals surface area contributed by atoms with Crippen LogP contribution in [0.25, 0.3) is 22.5 Å². The number of anilines is 4. The second-order valence-corrected chi connectivity index (χ2v) is 14.5. The molecule has 318 valence electrons. The Hall–Kier alpha value is -7.69. The van der Waals surface area contributed by atoms with Crippen LogP contribution in [0.2, 0.25) is 0 Å². The largest absolute Gasteiger partial charge is 0.475 e. The molecule has 4 aromatic heterocycles. The number of ether oxygens (including phenoxy) is 4. The van der Waals surface area contributed by atoms with E-state index in [4.69, 9.17) is 32.8 Å². The Bertz CT molecular complexity index is 2760. The van der Waals surface area contributed by atoms with Crippen molar-refractivity contribution in [3.63, 3.8) is 0 Å². The van der Waals surface area contributed by atoms with Gasteiger partial charge >= 0.3 is 18.2 Å². The first-order valence-corrected chi connectivity index (χ1v) is 20.1. The number of para-hydroxylation sites is 3. The number of urea groups is 1. The molecule has 0 saturated carbocycles. The number of piperazine rings is 1. The summed E-state index contributed by atoms with van der Waals surface area (Å²) in [6, 6.07) is 23.7. The average Bonchev–Trinajstić information content (AvgIpc) is 3.81. The van der Waals surface area contributed by atoms with Crippen molar-refractivity contribution in [2.24, 2.45) is 0 Å². The van der Waals surface area contributed by atoms with Gasteiger partial charge in [0.1, 0.15) is 28.3 Å². The van der Waals surface area contributed by atoms with Gasteiger partial charge in [0.15, 0.2) is 5.75 Å². The quantitative estimate of drug-likeness (QED) is 0.127. The summed E-state index contributed by atoms with van der Waals surface area (Å²) in [4.78, 5) is 68.2. The fraction of sp³-hybridized carbons (Fsp3) is 0.267. The first-order chi connectivity index (χ1) is 30.0. The molecule has 0 spiro atoms. The second-order valence-electron chi connectivity index (χ2n) is 14.5. The third kappa shape index (κ3) is 8.50. The van der Waals surface area contributed by atoms with Crippen molar-refractivity contribution in [3.8, 4) is 23.3 Å². The fourth-order valence-electron chi connectivity index (χ4n) is 7.15. The molecule has 1 fully saturated rings. The first-order valence-electron chi connectivity index (χ1n) is 20.1. The van der Waals surface area contributed by atoms with Gasteiger partial charge in [-0.3, -0.25) is 0 Å². The molecule has 0 bridgehead atoms. The van der Waals surface area contributed by atoms with Crippen LogP contribution in [-0.2, 0) is 0 Å². The fourth-order valence-corrected chi connectivity index (χ4v) is 7.15. The van der Waals surface area contributed by atoms with E-state index in [9.17, 15) is 9.59 Å². The minimum atomic E-state index is -1.25. The van der Waals surface area contributed by atoms with Crippen molar-refractivity contribution >= 4 is 63.7 Å². The van der Waals surface area contributed by atoms with E-state index in [-0.39, 0.29) is 70.7 Å². The van der Waals surface area contributed by atoms with Crippen molar-refractivity contribution in [3.05, 3.63) is 108 Å². The maximum Gasteiger partial charge on any atom is 0.431 e. The van der Waals surface area contributed by atoms with Crippen molar-refractivity contribution in [1.82, 2.24) is 24.8 Å². The third-order valence-electron chi connectivity index (χ3n) is 9.79. The summed E-state index contributed by atoms with van der Waals surface area (Å²) in [7, 11) is 0. The zero-order valence-electron chi connectivity index (χ0n) is 35.1. The van der Waals surface area contributed by atoms with Gasteiger partial charge in [-0.05, 0) is 89.1 Å². The smallest absolute Gasteiger partial charge is 0.431 e. The molecule has 3 aromatic carbocycles. The molecule has 0 atom stereocenters. The number of aromatic nitrogens is 4. The lowest BCUT2D eigenvalue weighted by molar-refractivity contribution is 0.189. The minimum absolute atomic E-state index is 0.00565. The lowest BCUT2D eigenvalue weighted by atomic mass is 10.1. The number of benzene rings is 3. The molecule has 5 heterocycles. The highest BCUT2D eigenvalue weighted by Gasteiger charge is 2.37. The normalized spacial score (nSPS) is 12.7. The number of hydrogen-bond acceptors (Lipinski definition) is 14. The maximum atomic E-state index is 15.1. The van der Waals surface area contributed by atoms with Crippen LogP contribution < -0.4 is 33.6 Å².